The highest BCUT2D eigenvalue weighted by molar-refractivity contribution is 9.10. The molecule has 2 aromatic carbocycles. The summed E-state index contributed by atoms with van der Waals surface area (Å²) in [6.45, 7) is 0. The van der Waals surface area contributed by atoms with Gasteiger partial charge in [-0.15, -0.1) is 0 Å². The van der Waals surface area contributed by atoms with E-state index in [4.69, 9.17) is 21.4 Å². The van der Waals surface area contributed by atoms with Crippen LogP contribution in [0.1, 0.15) is 23.5 Å². The second-order valence-electron chi connectivity index (χ2n) is 7.52. The average molecular weight is 524 g/mol. The first-order valence-electron chi connectivity index (χ1n) is 10.2. The summed E-state index contributed by atoms with van der Waals surface area (Å²) in [7, 11) is 1.63. The molecule has 1 aliphatic rings. The molecule has 0 unspecified atom stereocenters. The largest absolute Gasteiger partial charge is 0.497 e. The smallest absolute Gasteiger partial charge is 0.174 e. The highest BCUT2D eigenvalue weighted by Crippen LogP contribution is 2.43. The molecule has 8 heteroatoms. The molecule has 5 nitrogen and oxygen atoms in total. The van der Waals surface area contributed by atoms with Crippen molar-refractivity contribution in [1.82, 2.24) is 10.3 Å². The fourth-order valence-electron chi connectivity index (χ4n) is 4.01. The first-order valence-corrected chi connectivity index (χ1v) is 11.4. The second-order valence-corrected chi connectivity index (χ2v) is 8.76. The molecule has 1 saturated heterocycles. The van der Waals surface area contributed by atoms with E-state index >= 15 is 0 Å². The summed E-state index contributed by atoms with van der Waals surface area (Å²) in [6.07, 6.45) is 1.76. The quantitative estimate of drug-likeness (QED) is 0.304. The lowest BCUT2D eigenvalue weighted by molar-refractivity contribution is 0.414. The van der Waals surface area contributed by atoms with Crippen molar-refractivity contribution in [2.24, 2.45) is 0 Å². The molecule has 2 atom stereocenters. The monoisotopic (exact) mass is 523 g/mol. The van der Waals surface area contributed by atoms with E-state index in [-0.39, 0.29) is 17.9 Å². The summed E-state index contributed by atoms with van der Waals surface area (Å²) >= 11 is 9.17. The normalized spacial score (nSPS) is 17.8. The lowest BCUT2D eigenvalue weighted by atomic mass is 10.0. The molecule has 2 aromatic heterocycles. The van der Waals surface area contributed by atoms with Crippen LogP contribution in [0.2, 0.25) is 0 Å². The van der Waals surface area contributed by atoms with Crippen molar-refractivity contribution in [2.45, 2.75) is 12.1 Å². The van der Waals surface area contributed by atoms with Gasteiger partial charge in [-0.2, -0.15) is 0 Å². The number of benzene rings is 2. The number of hydrogen-bond acceptors (Lipinski definition) is 4. The Kier molecular flexibility index (Phi) is 5.86. The van der Waals surface area contributed by atoms with Crippen molar-refractivity contribution >= 4 is 38.9 Å². The predicted octanol–water partition coefficient (Wildman–Crippen LogP) is 6.43. The van der Waals surface area contributed by atoms with E-state index in [1.54, 1.807) is 19.4 Å². The summed E-state index contributed by atoms with van der Waals surface area (Å²) in [6, 6.07) is 21.3. The Morgan fingerprint density at radius 2 is 1.91 bits per heavy atom. The van der Waals surface area contributed by atoms with E-state index in [0.29, 0.717) is 21.1 Å². The van der Waals surface area contributed by atoms with Gasteiger partial charge in [0.2, 0.25) is 0 Å². The SMILES string of the molecule is COc1ccc(N2C(=S)N[C@H](c3ccccn3)[C@H]2c2ccc(-c3ccc(F)cc3Br)o2)cc1. The molecular formula is C25H19BrFN3O2S. The summed E-state index contributed by atoms with van der Waals surface area (Å²) in [5.41, 5.74) is 2.51. The van der Waals surface area contributed by atoms with Crippen LogP contribution in [0.25, 0.3) is 11.3 Å². The number of pyridine rings is 1. The van der Waals surface area contributed by atoms with E-state index in [0.717, 1.165) is 22.7 Å². The fourth-order valence-corrected chi connectivity index (χ4v) is 4.90. The highest BCUT2D eigenvalue weighted by atomic mass is 79.9. The second kappa shape index (κ2) is 8.96. The minimum absolute atomic E-state index is 0.225. The van der Waals surface area contributed by atoms with Crippen molar-refractivity contribution in [3.63, 3.8) is 0 Å². The molecule has 0 radical (unpaired) electrons. The van der Waals surface area contributed by atoms with Crippen LogP contribution < -0.4 is 15.0 Å². The van der Waals surface area contributed by atoms with E-state index in [1.807, 2.05) is 59.5 Å². The Balaban J connectivity index is 1.59. The third-order valence-electron chi connectivity index (χ3n) is 5.56. The summed E-state index contributed by atoms with van der Waals surface area (Å²) in [5, 5.41) is 3.98. The highest BCUT2D eigenvalue weighted by Gasteiger charge is 2.42. The number of ether oxygens (including phenoxy) is 1. The molecule has 1 N–H and O–H groups in total. The maximum Gasteiger partial charge on any atom is 0.174 e. The van der Waals surface area contributed by atoms with Crippen LogP contribution in [0.15, 0.2) is 87.9 Å². The number of methoxy groups -OCH3 is 1. The van der Waals surface area contributed by atoms with Gasteiger partial charge in [0.05, 0.1) is 18.8 Å². The maximum atomic E-state index is 13.6. The number of thiocarbonyl (C=S) groups is 1. The van der Waals surface area contributed by atoms with Gasteiger partial charge in [0.25, 0.3) is 0 Å². The fraction of sp³-hybridized carbons (Fsp3) is 0.120. The number of nitrogens with one attached hydrogen (secondary N) is 1. The van der Waals surface area contributed by atoms with Crippen LogP contribution in [0.4, 0.5) is 10.1 Å². The van der Waals surface area contributed by atoms with Crippen molar-refractivity contribution < 1.29 is 13.5 Å². The van der Waals surface area contributed by atoms with Crippen LogP contribution in [0.3, 0.4) is 0 Å². The van der Waals surface area contributed by atoms with E-state index < -0.39 is 0 Å². The molecular weight excluding hydrogens is 505 g/mol. The van der Waals surface area contributed by atoms with Gasteiger partial charge in [-0.1, -0.05) is 6.07 Å². The predicted molar refractivity (Wildman–Crippen MR) is 133 cm³/mol. The van der Waals surface area contributed by atoms with Gasteiger partial charge in [0, 0.05) is 21.9 Å². The van der Waals surface area contributed by atoms with Gasteiger partial charge in [-0.05, 0) is 94.9 Å². The summed E-state index contributed by atoms with van der Waals surface area (Å²) in [5.74, 6) is 1.78. The van der Waals surface area contributed by atoms with Gasteiger partial charge in [-0.25, -0.2) is 4.39 Å². The number of hydrogen-bond donors (Lipinski definition) is 1. The molecule has 3 heterocycles. The molecule has 0 bridgehead atoms. The molecule has 33 heavy (non-hydrogen) atoms. The van der Waals surface area contributed by atoms with Crippen LogP contribution >= 0.6 is 28.1 Å². The Hall–Kier alpha value is -3.23. The van der Waals surface area contributed by atoms with E-state index in [2.05, 4.69) is 26.2 Å². The molecule has 0 amide bonds. The minimum Gasteiger partial charge on any atom is -0.497 e. The van der Waals surface area contributed by atoms with Gasteiger partial charge in [0.15, 0.2) is 5.11 Å². The number of rotatable bonds is 5. The number of halogens is 2. The minimum atomic E-state index is -0.316. The van der Waals surface area contributed by atoms with Gasteiger partial charge in [0.1, 0.15) is 29.1 Å². The van der Waals surface area contributed by atoms with Crippen LogP contribution in [-0.2, 0) is 0 Å². The van der Waals surface area contributed by atoms with Gasteiger partial charge in [-0.3, -0.25) is 4.98 Å². The average Bonchev–Trinajstić information content (AvgIpc) is 3.44. The van der Waals surface area contributed by atoms with E-state index in [1.165, 1.54) is 12.1 Å². The van der Waals surface area contributed by atoms with Crippen molar-refractivity contribution in [3.05, 3.63) is 101 Å². The Bertz CT molecular complexity index is 1300. The zero-order chi connectivity index (χ0) is 22.9. The maximum absolute atomic E-state index is 13.6. The third kappa shape index (κ3) is 4.12. The van der Waals surface area contributed by atoms with Crippen LogP contribution in [-0.4, -0.2) is 17.2 Å². The Morgan fingerprint density at radius 3 is 2.61 bits per heavy atom. The summed E-state index contributed by atoms with van der Waals surface area (Å²) in [4.78, 5) is 6.58. The molecule has 0 aliphatic carbocycles. The number of nitrogens with zero attached hydrogens (tertiary/aromatic N) is 2. The Morgan fingerprint density at radius 1 is 1.09 bits per heavy atom. The number of furan rings is 1. The van der Waals surface area contributed by atoms with Crippen molar-refractivity contribution in [3.8, 4) is 17.1 Å². The lowest BCUT2D eigenvalue weighted by Crippen LogP contribution is -2.29. The van der Waals surface area contributed by atoms with Gasteiger partial charge < -0.3 is 19.4 Å². The van der Waals surface area contributed by atoms with E-state index in [9.17, 15) is 4.39 Å². The Labute approximate surface area is 204 Å². The zero-order valence-corrected chi connectivity index (χ0v) is 19.9. The number of anilines is 1. The third-order valence-corrected chi connectivity index (χ3v) is 6.53. The number of aromatic nitrogens is 1. The summed E-state index contributed by atoms with van der Waals surface area (Å²) < 4.78 is 25.8. The molecule has 0 spiro atoms. The first-order chi connectivity index (χ1) is 16.0. The van der Waals surface area contributed by atoms with Crippen molar-refractivity contribution in [2.75, 3.05) is 12.0 Å². The van der Waals surface area contributed by atoms with Crippen LogP contribution in [0, 0.1) is 5.82 Å². The molecule has 5 rings (SSSR count). The van der Waals surface area contributed by atoms with Gasteiger partial charge >= 0.3 is 0 Å². The zero-order valence-electron chi connectivity index (χ0n) is 17.5. The van der Waals surface area contributed by atoms with Crippen molar-refractivity contribution in [1.29, 1.82) is 0 Å². The standard InChI is InChI=1S/C25H19BrFN3O2S/c1-31-17-8-6-16(7-9-17)30-24(23(29-25(30)33)20-4-2-3-13-28-20)22-12-11-21(32-22)18-10-5-15(27)14-19(18)26/h2-14,23-24H,1H3,(H,29,33)/t23-,24-/m1/s1. The molecule has 1 aliphatic heterocycles. The lowest BCUT2D eigenvalue weighted by Gasteiger charge is -2.26. The van der Waals surface area contributed by atoms with Crippen LogP contribution in [0.5, 0.6) is 5.75 Å². The topological polar surface area (TPSA) is 50.5 Å². The first kappa shape index (κ1) is 21.6. The molecule has 0 saturated carbocycles. The molecule has 1 fully saturated rings. The molecule has 166 valence electrons. The molecule has 4 aromatic rings.